The maximum absolute atomic E-state index is 13.9. The van der Waals surface area contributed by atoms with Gasteiger partial charge in [-0.2, -0.15) is 0 Å². The fourth-order valence-corrected chi connectivity index (χ4v) is 5.82. The highest BCUT2D eigenvalue weighted by Crippen LogP contribution is 2.31. The van der Waals surface area contributed by atoms with Crippen molar-refractivity contribution < 1.29 is 27.1 Å². The van der Waals surface area contributed by atoms with Gasteiger partial charge in [0.2, 0.25) is 5.88 Å². The SMILES string of the molecule is CCCCN(C(=O)Nc1ccc(F)c(C(N)=O)c1)C1CCN(Cc2ccc(Oc3ccc(S(C)(=O)=O)cc3Cl)nc2)CC1.Cl. The van der Waals surface area contributed by atoms with Gasteiger partial charge in [-0.15, -0.1) is 12.4 Å². The average Bonchev–Trinajstić information content (AvgIpc) is 2.96. The second kappa shape index (κ2) is 15.5. The summed E-state index contributed by atoms with van der Waals surface area (Å²) in [6.07, 6.45) is 6.17. The van der Waals surface area contributed by atoms with Crippen LogP contribution in [0.5, 0.6) is 11.6 Å². The van der Waals surface area contributed by atoms with E-state index in [1.54, 1.807) is 12.3 Å². The number of sulfone groups is 1. The Hall–Kier alpha value is -3.45. The number of carbonyl (C=O) groups excluding carboxylic acids is 2. The molecular formula is C30H36Cl2FN5O5S. The van der Waals surface area contributed by atoms with Gasteiger partial charge < -0.3 is 20.7 Å². The topological polar surface area (TPSA) is 135 Å². The molecule has 0 atom stereocenters. The first kappa shape index (κ1) is 35.0. The number of halogens is 3. The van der Waals surface area contributed by atoms with Gasteiger partial charge >= 0.3 is 6.03 Å². The Morgan fingerprint density at radius 1 is 1.16 bits per heavy atom. The minimum Gasteiger partial charge on any atom is -0.437 e. The van der Waals surface area contributed by atoms with Crippen molar-refractivity contribution in [3.05, 3.63) is 76.7 Å². The first-order valence-corrected chi connectivity index (χ1v) is 16.2. The number of carbonyl (C=O) groups is 2. The third-order valence-electron chi connectivity index (χ3n) is 7.24. The average molecular weight is 669 g/mol. The minimum atomic E-state index is -3.38. The molecule has 0 spiro atoms. The summed E-state index contributed by atoms with van der Waals surface area (Å²) in [6, 6.07) is 11.5. The van der Waals surface area contributed by atoms with E-state index in [1.165, 1.54) is 30.3 Å². The number of aromatic nitrogens is 1. The van der Waals surface area contributed by atoms with Gasteiger partial charge in [0, 0.05) is 56.4 Å². The highest BCUT2D eigenvalue weighted by Gasteiger charge is 2.28. The minimum absolute atomic E-state index is 0. The number of anilines is 1. The van der Waals surface area contributed by atoms with Crippen LogP contribution in [0.4, 0.5) is 14.9 Å². The second-order valence-corrected chi connectivity index (χ2v) is 12.9. The number of unbranched alkanes of at least 4 members (excludes halogenated alkanes) is 1. The standard InChI is InChI=1S/C30H35ClFN5O5S.ClH/c1-3-4-13-37(30(39)35-21-6-8-26(32)24(16-21)29(33)38)22-11-14-36(15-12-22)19-20-5-10-28(34-18-20)42-27-9-7-23(17-25(27)31)43(2,40)41;/h5-10,16-18,22H,3-4,11-15,19H2,1-2H3,(H2,33,38)(H,35,39);1H. The number of rotatable bonds is 11. The Morgan fingerprint density at radius 2 is 1.89 bits per heavy atom. The van der Waals surface area contributed by atoms with Crippen molar-refractivity contribution in [2.24, 2.45) is 5.73 Å². The van der Waals surface area contributed by atoms with Crippen LogP contribution in [0.15, 0.2) is 59.6 Å². The van der Waals surface area contributed by atoms with Crippen LogP contribution < -0.4 is 15.8 Å². The summed E-state index contributed by atoms with van der Waals surface area (Å²) in [4.78, 5) is 33.4. The maximum Gasteiger partial charge on any atom is 0.322 e. The van der Waals surface area contributed by atoms with Gasteiger partial charge in [-0.25, -0.2) is 22.6 Å². The Labute approximate surface area is 268 Å². The molecule has 2 aromatic carbocycles. The van der Waals surface area contributed by atoms with E-state index in [-0.39, 0.29) is 40.0 Å². The molecule has 44 heavy (non-hydrogen) atoms. The molecule has 3 N–H and O–H groups in total. The molecule has 2 heterocycles. The Balaban J connectivity index is 0.00000529. The molecule has 1 aliphatic rings. The predicted molar refractivity (Wildman–Crippen MR) is 170 cm³/mol. The number of hydrogen-bond acceptors (Lipinski definition) is 7. The van der Waals surface area contributed by atoms with E-state index in [0.29, 0.717) is 30.4 Å². The lowest BCUT2D eigenvalue weighted by atomic mass is 10.0. The molecule has 10 nitrogen and oxygen atoms in total. The van der Waals surface area contributed by atoms with Gasteiger partial charge in [0.15, 0.2) is 9.84 Å². The van der Waals surface area contributed by atoms with Gasteiger partial charge in [0.25, 0.3) is 5.91 Å². The molecule has 3 aromatic rings. The molecular weight excluding hydrogens is 632 g/mol. The fourth-order valence-electron chi connectivity index (χ4n) is 4.89. The van der Waals surface area contributed by atoms with E-state index in [1.807, 2.05) is 11.0 Å². The molecule has 0 bridgehead atoms. The van der Waals surface area contributed by atoms with Crippen molar-refractivity contribution in [1.29, 1.82) is 0 Å². The van der Waals surface area contributed by atoms with Gasteiger partial charge in [-0.05, 0) is 61.2 Å². The number of primary amides is 1. The van der Waals surface area contributed by atoms with Crippen molar-refractivity contribution in [3.8, 4) is 11.6 Å². The first-order valence-electron chi connectivity index (χ1n) is 14.0. The highest BCUT2D eigenvalue weighted by molar-refractivity contribution is 7.90. The lowest BCUT2D eigenvalue weighted by Crippen LogP contribution is -2.49. The van der Waals surface area contributed by atoms with Crippen LogP contribution >= 0.6 is 24.0 Å². The number of nitrogens with zero attached hydrogens (tertiary/aromatic N) is 3. The molecule has 1 fully saturated rings. The number of nitrogens with two attached hydrogens (primary N) is 1. The summed E-state index contributed by atoms with van der Waals surface area (Å²) in [6.45, 7) is 4.89. The fraction of sp³-hybridized carbons (Fsp3) is 0.367. The normalized spacial score (nSPS) is 14.0. The van der Waals surface area contributed by atoms with E-state index < -0.39 is 21.6 Å². The number of ether oxygens (including phenoxy) is 1. The first-order chi connectivity index (χ1) is 20.4. The van der Waals surface area contributed by atoms with E-state index in [9.17, 15) is 22.4 Å². The van der Waals surface area contributed by atoms with Crippen LogP contribution in [0, 0.1) is 5.82 Å². The summed E-state index contributed by atoms with van der Waals surface area (Å²) >= 11 is 6.21. The molecule has 1 saturated heterocycles. The summed E-state index contributed by atoms with van der Waals surface area (Å²) in [5.74, 6) is -0.991. The van der Waals surface area contributed by atoms with Gasteiger partial charge in [-0.1, -0.05) is 31.0 Å². The Bertz CT molecular complexity index is 1570. The van der Waals surface area contributed by atoms with Gasteiger partial charge in [-0.3, -0.25) is 9.69 Å². The molecule has 238 valence electrons. The number of benzene rings is 2. The number of likely N-dealkylation sites (tertiary alicyclic amines) is 1. The molecule has 0 aliphatic carbocycles. The molecule has 0 saturated carbocycles. The molecule has 1 aromatic heterocycles. The van der Waals surface area contributed by atoms with E-state index in [2.05, 4.69) is 22.1 Å². The van der Waals surface area contributed by atoms with E-state index >= 15 is 0 Å². The Kier molecular flexibility index (Phi) is 12.4. The van der Waals surface area contributed by atoms with E-state index in [0.717, 1.165) is 56.7 Å². The van der Waals surface area contributed by atoms with Crippen LogP contribution in [-0.2, 0) is 16.4 Å². The third kappa shape index (κ3) is 9.28. The zero-order valence-electron chi connectivity index (χ0n) is 24.5. The second-order valence-electron chi connectivity index (χ2n) is 10.5. The molecule has 4 rings (SSSR count). The molecule has 1 aliphatic heterocycles. The van der Waals surface area contributed by atoms with Crippen molar-refractivity contribution in [2.45, 2.75) is 50.1 Å². The van der Waals surface area contributed by atoms with Crippen LogP contribution in [0.25, 0.3) is 0 Å². The van der Waals surface area contributed by atoms with Crippen molar-refractivity contribution in [3.63, 3.8) is 0 Å². The lowest BCUT2D eigenvalue weighted by molar-refractivity contribution is 0.0996. The monoisotopic (exact) mass is 667 g/mol. The van der Waals surface area contributed by atoms with Crippen molar-refractivity contribution >= 4 is 51.5 Å². The highest BCUT2D eigenvalue weighted by atomic mass is 35.5. The number of pyridine rings is 1. The zero-order chi connectivity index (χ0) is 31.1. The van der Waals surface area contributed by atoms with Crippen LogP contribution in [-0.4, -0.2) is 67.1 Å². The zero-order valence-corrected chi connectivity index (χ0v) is 26.9. The lowest BCUT2D eigenvalue weighted by Gasteiger charge is -2.38. The number of amides is 3. The molecule has 0 radical (unpaired) electrons. The molecule has 0 unspecified atom stereocenters. The number of piperidine rings is 1. The summed E-state index contributed by atoms with van der Waals surface area (Å²) in [7, 11) is -3.38. The summed E-state index contributed by atoms with van der Waals surface area (Å²) in [5.41, 5.74) is 6.28. The number of nitrogens with one attached hydrogen (secondary N) is 1. The predicted octanol–water partition coefficient (Wildman–Crippen LogP) is 5.89. The van der Waals surface area contributed by atoms with Crippen LogP contribution in [0.3, 0.4) is 0 Å². The van der Waals surface area contributed by atoms with Crippen LogP contribution in [0.1, 0.15) is 48.5 Å². The summed E-state index contributed by atoms with van der Waals surface area (Å²) in [5, 5.41) is 2.97. The van der Waals surface area contributed by atoms with Gasteiger partial charge in [0.1, 0.15) is 11.6 Å². The largest absolute Gasteiger partial charge is 0.437 e. The van der Waals surface area contributed by atoms with Crippen LogP contribution in [0.2, 0.25) is 5.02 Å². The molecule has 3 amide bonds. The summed E-state index contributed by atoms with van der Waals surface area (Å²) < 4.78 is 43.1. The maximum atomic E-state index is 13.9. The quantitative estimate of drug-likeness (QED) is 0.260. The van der Waals surface area contributed by atoms with Gasteiger partial charge in [0.05, 0.1) is 15.5 Å². The number of urea groups is 1. The number of hydrogen-bond donors (Lipinski definition) is 2. The third-order valence-corrected chi connectivity index (χ3v) is 8.65. The van der Waals surface area contributed by atoms with E-state index in [4.69, 9.17) is 22.1 Å². The van der Waals surface area contributed by atoms with Crippen molar-refractivity contribution in [2.75, 3.05) is 31.2 Å². The smallest absolute Gasteiger partial charge is 0.322 e. The molecule has 14 heteroatoms. The van der Waals surface area contributed by atoms with Crippen molar-refractivity contribution in [1.82, 2.24) is 14.8 Å². The Morgan fingerprint density at radius 3 is 2.48 bits per heavy atom.